The monoisotopic (exact) mass is 374 g/mol. The molecule has 0 aromatic heterocycles. The van der Waals surface area contributed by atoms with Gasteiger partial charge in [0.2, 0.25) is 0 Å². The van der Waals surface area contributed by atoms with Crippen LogP contribution in [-0.4, -0.2) is 15.4 Å². The van der Waals surface area contributed by atoms with Crippen LogP contribution in [0.25, 0.3) is 6.08 Å². The maximum atomic E-state index is 11.7. The van der Waals surface area contributed by atoms with Crippen LogP contribution in [0.15, 0.2) is 53.4 Å². The van der Waals surface area contributed by atoms with Crippen molar-refractivity contribution in [2.24, 2.45) is 0 Å². The zero-order chi connectivity index (χ0) is 17.8. The number of carbonyl (C=O) groups is 1. The first-order valence-corrected chi connectivity index (χ1v) is 8.54. The molecule has 1 heterocycles. The minimum Gasteiger partial charge on any atom is -0.595 e. The normalized spacial score (nSPS) is 16.8. The van der Waals surface area contributed by atoms with E-state index in [4.69, 9.17) is 22.2 Å². The molecule has 0 saturated carbocycles. The van der Waals surface area contributed by atoms with E-state index in [2.05, 4.69) is 5.32 Å². The van der Waals surface area contributed by atoms with Crippen molar-refractivity contribution in [1.82, 2.24) is 5.32 Å². The van der Waals surface area contributed by atoms with Gasteiger partial charge in [-0.3, -0.25) is 4.79 Å². The van der Waals surface area contributed by atoms with Crippen LogP contribution < -0.4 is 15.3 Å². The molecular weight excluding hydrogens is 360 g/mol. The second-order valence-corrected chi connectivity index (χ2v) is 6.93. The van der Waals surface area contributed by atoms with Crippen LogP contribution in [0.3, 0.4) is 0 Å². The highest BCUT2D eigenvalue weighted by molar-refractivity contribution is 8.26. The van der Waals surface area contributed by atoms with Gasteiger partial charge in [-0.25, -0.2) is 5.21 Å². The molecule has 2 aromatic carbocycles. The molecule has 1 fully saturated rings. The maximum Gasteiger partial charge on any atom is 0.263 e. The van der Waals surface area contributed by atoms with Crippen LogP contribution in [0.5, 0.6) is 5.75 Å². The molecule has 25 heavy (non-hydrogen) atoms. The van der Waals surface area contributed by atoms with Gasteiger partial charge in [0.1, 0.15) is 16.7 Å². The third-order valence-corrected chi connectivity index (χ3v) is 4.57. The average Bonchev–Trinajstić information content (AvgIpc) is 2.91. The highest BCUT2D eigenvalue weighted by Crippen LogP contribution is 2.27. The number of benzene rings is 2. The Labute approximate surface area is 153 Å². The number of rotatable bonds is 5. The van der Waals surface area contributed by atoms with E-state index in [0.717, 1.165) is 11.1 Å². The molecule has 6 nitrogen and oxygen atoms in total. The van der Waals surface area contributed by atoms with Gasteiger partial charge in [0.15, 0.2) is 5.69 Å². The molecule has 0 bridgehead atoms. The van der Waals surface area contributed by atoms with Crippen LogP contribution in [-0.2, 0) is 11.4 Å². The van der Waals surface area contributed by atoms with Crippen LogP contribution in [0.2, 0.25) is 0 Å². The van der Waals surface area contributed by atoms with E-state index in [9.17, 15) is 10.0 Å². The number of hydrogen-bond acceptors (Lipinski definition) is 6. The van der Waals surface area contributed by atoms with E-state index in [0.29, 0.717) is 21.6 Å². The highest BCUT2D eigenvalue weighted by atomic mass is 32.2. The Morgan fingerprint density at radius 1 is 1.28 bits per heavy atom. The van der Waals surface area contributed by atoms with Crippen LogP contribution in [0.1, 0.15) is 11.1 Å². The van der Waals surface area contributed by atoms with Crippen LogP contribution in [0.4, 0.5) is 5.69 Å². The molecule has 128 valence electrons. The van der Waals surface area contributed by atoms with Crippen molar-refractivity contribution in [3.63, 3.8) is 0 Å². The van der Waals surface area contributed by atoms with Crippen molar-refractivity contribution in [3.05, 3.63) is 69.8 Å². The first-order chi connectivity index (χ1) is 12.0. The summed E-state index contributed by atoms with van der Waals surface area (Å²) in [5.41, 5.74) is 1.94. The minimum absolute atomic E-state index is 0.195. The predicted octanol–water partition coefficient (Wildman–Crippen LogP) is 2.16. The molecule has 0 aliphatic carbocycles. The Balaban J connectivity index is 1.67. The van der Waals surface area contributed by atoms with Crippen LogP contribution in [0, 0.1) is 5.21 Å². The summed E-state index contributed by atoms with van der Waals surface area (Å²) < 4.78 is 6.19. The summed E-state index contributed by atoms with van der Waals surface area (Å²) in [6.07, 6.45) is 1.76. The summed E-state index contributed by atoms with van der Waals surface area (Å²) in [5, 5.41) is 21.3. The van der Waals surface area contributed by atoms with Crippen molar-refractivity contribution in [3.8, 4) is 5.75 Å². The van der Waals surface area contributed by atoms with E-state index in [1.807, 2.05) is 24.3 Å². The minimum atomic E-state index is -0.957. The molecule has 3 rings (SSSR count). The lowest BCUT2D eigenvalue weighted by Crippen LogP contribution is -2.99. The van der Waals surface area contributed by atoms with Crippen molar-refractivity contribution in [2.45, 2.75) is 6.61 Å². The van der Waals surface area contributed by atoms with Crippen molar-refractivity contribution in [1.29, 1.82) is 0 Å². The number of thioether (sulfide) groups is 1. The lowest BCUT2D eigenvalue weighted by Gasteiger charge is -2.12. The molecule has 2 aromatic rings. The second-order valence-electron chi connectivity index (χ2n) is 5.22. The fourth-order valence-electron chi connectivity index (χ4n) is 2.18. The molecule has 1 unspecified atom stereocenters. The first kappa shape index (κ1) is 17.6. The van der Waals surface area contributed by atoms with E-state index < -0.39 is 5.23 Å². The average molecular weight is 374 g/mol. The van der Waals surface area contributed by atoms with Gasteiger partial charge in [-0.2, -0.15) is 5.23 Å². The van der Waals surface area contributed by atoms with Gasteiger partial charge in [-0.15, -0.1) is 0 Å². The number of ether oxygens (including phenoxy) is 1. The topological polar surface area (TPSA) is 86.1 Å². The summed E-state index contributed by atoms with van der Waals surface area (Å²) in [7, 11) is 0. The highest BCUT2D eigenvalue weighted by Gasteiger charge is 2.21. The first-order valence-electron chi connectivity index (χ1n) is 7.31. The fraction of sp³-hybridized carbons (Fsp3) is 0.0588. The molecule has 3 N–H and O–H groups in total. The molecule has 1 saturated heterocycles. The van der Waals surface area contributed by atoms with Gasteiger partial charge in [0, 0.05) is 12.1 Å². The largest absolute Gasteiger partial charge is 0.595 e. The van der Waals surface area contributed by atoms with Gasteiger partial charge in [-0.05, 0) is 41.5 Å². The Morgan fingerprint density at radius 3 is 2.68 bits per heavy atom. The predicted molar refractivity (Wildman–Crippen MR) is 99.3 cm³/mol. The number of hydrogen-bond donors (Lipinski definition) is 3. The van der Waals surface area contributed by atoms with Crippen molar-refractivity contribution in [2.75, 3.05) is 0 Å². The van der Waals surface area contributed by atoms with Gasteiger partial charge < -0.3 is 15.3 Å². The van der Waals surface area contributed by atoms with Crippen LogP contribution >= 0.6 is 24.0 Å². The molecular formula is C17H14N2O4S2. The summed E-state index contributed by atoms with van der Waals surface area (Å²) in [4.78, 5) is 12.2. The lowest BCUT2D eigenvalue weighted by atomic mass is 10.2. The number of quaternary nitrogens is 1. The number of amides is 1. The Kier molecular flexibility index (Phi) is 5.47. The van der Waals surface area contributed by atoms with Crippen molar-refractivity contribution >= 4 is 46.0 Å². The zero-order valence-electron chi connectivity index (χ0n) is 12.9. The molecule has 8 heteroatoms. The third-order valence-electron chi connectivity index (χ3n) is 3.40. The number of carbonyl (C=O) groups excluding carboxylic acids is 1. The Bertz CT molecular complexity index is 835. The van der Waals surface area contributed by atoms with E-state index in [1.165, 1.54) is 11.8 Å². The summed E-state index contributed by atoms with van der Waals surface area (Å²) in [6, 6.07) is 13.9. The molecule has 0 radical (unpaired) electrons. The number of thiocarbonyl (C=S) groups is 1. The summed E-state index contributed by atoms with van der Waals surface area (Å²) in [6.45, 7) is 0.319. The lowest BCUT2D eigenvalue weighted by molar-refractivity contribution is -0.991. The Hall–Kier alpha value is -2.23. The SMILES string of the molecule is O=C1NC(=S)S/C1=C/c1cccc(OCc2ccc([NH+]([O-])O)cc2)c1. The second kappa shape index (κ2) is 7.77. The quantitative estimate of drug-likeness (QED) is 0.422. The summed E-state index contributed by atoms with van der Waals surface area (Å²) in [5.74, 6) is 0.461. The Morgan fingerprint density at radius 2 is 2.04 bits per heavy atom. The van der Waals surface area contributed by atoms with Gasteiger partial charge in [0.05, 0.1) is 4.91 Å². The van der Waals surface area contributed by atoms with E-state index in [1.54, 1.807) is 30.3 Å². The van der Waals surface area contributed by atoms with Gasteiger partial charge in [0.25, 0.3) is 5.91 Å². The van der Waals surface area contributed by atoms with Gasteiger partial charge in [-0.1, -0.05) is 36.1 Å². The number of nitrogens with one attached hydrogen (secondary N) is 2. The third kappa shape index (κ3) is 4.65. The molecule has 1 aliphatic rings. The molecule has 1 atom stereocenters. The fourth-order valence-corrected chi connectivity index (χ4v) is 3.22. The molecule has 0 spiro atoms. The summed E-state index contributed by atoms with van der Waals surface area (Å²) >= 11 is 6.20. The van der Waals surface area contributed by atoms with E-state index in [-0.39, 0.29) is 11.6 Å². The van der Waals surface area contributed by atoms with E-state index >= 15 is 0 Å². The maximum absolute atomic E-state index is 11.7. The molecule has 1 amide bonds. The van der Waals surface area contributed by atoms with Crippen molar-refractivity contribution < 1.29 is 20.0 Å². The van der Waals surface area contributed by atoms with Gasteiger partial charge >= 0.3 is 0 Å². The standard InChI is InChI=1S/C17H14N2O4S2/c20-16-15(25-17(24)18-16)9-12-2-1-3-14(8-12)23-10-11-4-6-13(7-5-11)19(21)22/h1-9,19,21H,10H2,(H,18,20,24)/b15-9+. The zero-order valence-corrected chi connectivity index (χ0v) is 14.5. The smallest absolute Gasteiger partial charge is 0.263 e. The molecule has 1 aliphatic heterocycles.